The fraction of sp³-hybridized carbons (Fsp3) is 0.750. The van der Waals surface area contributed by atoms with Crippen molar-refractivity contribution in [3.63, 3.8) is 0 Å². The third-order valence-electron chi connectivity index (χ3n) is 6.67. The fourth-order valence-electron chi connectivity index (χ4n) is 4.70. The summed E-state index contributed by atoms with van der Waals surface area (Å²) in [5.74, 6) is 0.141. The summed E-state index contributed by atoms with van der Waals surface area (Å²) in [7, 11) is 3.43. The summed E-state index contributed by atoms with van der Waals surface area (Å²) in [6, 6.07) is 0.0399. The van der Waals surface area contributed by atoms with Crippen LogP contribution in [0.2, 0.25) is 0 Å². The molecule has 190 valence electrons. The molecule has 1 aliphatic heterocycles. The Morgan fingerprint density at radius 1 is 1.12 bits per heavy atom. The summed E-state index contributed by atoms with van der Waals surface area (Å²) in [6.07, 6.45) is 3.58. The minimum Gasteiger partial charge on any atom is -0.383 e. The van der Waals surface area contributed by atoms with E-state index < -0.39 is 0 Å². The Hall–Kier alpha value is -2.46. The van der Waals surface area contributed by atoms with Gasteiger partial charge in [0.2, 0.25) is 11.8 Å². The average Bonchev–Trinajstić information content (AvgIpc) is 3.13. The highest BCUT2D eigenvalue weighted by Crippen LogP contribution is 2.29. The second-order valence-electron chi connectivity index (χ2n) is 9.63. The van der Waals surface area contributed by atoms with Crippen LogP contribution in [0.15, 0.2) is 0 Å². The normalized spacial score (nSPS) is 20.7. The zero-order valence-corrected chi connectivity index (χ0v) is 21.1. The first-order valence-electron chi connectivity index (χ1n) is 12.4. The van der Waals surface area contributed by atoms with E-state index in [-0.39, 0.29) is 30.3 Å². The number of aromatic nitrogens is 2. The van der Waals surface area contributed by atoms with Crippen molar-refractivity contribution in [2.45, 2.75) is 52.0 Å². The summed E-state index contributed by atoms with van der Waals surface area (Å²) in [4.78, 5) is 42.8. The Morgan fingerprint density at radius 3 is 2.65 bits per heavy atom. The van der Waals surface area contributed by atoms with E-state index in [1.807, 2.05) is 11.9 Å². The van der Waals surface area contributed by atoms with Crippen molar-refractivity contribution < 1.29 is 19.1 Å². The van der Waals surface area contributed by atoms with Crippen molar-refractivity contribution in [1.29, 1.82) is 0 Å². The number of methoxy groups -OCH3 is 1. The molecule has 2 aliphatic rings. The van der Waals surface area contributed by atoms with Crippen LogP contribution in [0.25, 0.3) is 0 Å². The maximum atomic E-state index is 13.6. The molecule has 0 radical (unpaired) electrons. The molecule has 0 saturated carbocycles. The number of amides is 3. The van der Waals surface area contributed by atoms with Crippen LogP contribution in [-0.2, 0) is 34.2 Å². The van der Waals surface area contributed by atoms with Gasteiger partial charge in [0.05, 0.1) is 13.2 Å². The summed E-state index contributed by atoms with van der Waals surface area (Å²) < 4.78 is 6.96. The molecule has 0 aromatic carbocycles. The van der Waals surface area contributed by atoms with Gasteiger partial charge in [0.15, 0.2) is 5.69 Å². The van der Waals surface area contributed by atoms with Gasteiger partial charge in [-0.05, 0) is 31.6 Å². The third kappa shape index (κ3) is 6.56. The Morgan fingerprint density at radius 2 is 1.91 bits per heavy atom. The van der Waals surface area contributed by atoms with Crippen LogP contribution in [0.5, 0.6) is 0 Å². The average molecular weight is 477 g/mol. The molecule has 0 spiro atoms. The zero-order chi connectivity index (χ0) is 24.7. The van der Waals surface area contributed by atoms with Gasteiger partial charge in [-0.3, -0.25) is 19.1 Å². The zero-order valence-electron chi connectivity index (χ0n) is 21.1. The SMILES string of the molecule is COCCN1CC(=O)NCCNCCC(=O)N(CCC(C)C)C2CCc3c(c(nn3C)C1=O)C2. The molecule has 1 aliphatic carbocycles. The van der Waals surface area contributed by atoms with Crippen molar-refractivity contribution in [2.75, 3.05) is 53.0 Å². The molecule has 1 unspecified atom stereocenters. The van der Waals surface area contributed by atoms with Gasteiger partial charge < -0.3 is 25.2 Å². The molecular weight excluding hydrogens is 436 g/mol. The molecule has 3 amide bonds. The molecular formula is C24H40N6O4. The lowest BCUT2D eigenvalue weighted by atomic mass is 9.89. The van der Waals surface area contributed by atoms with Gasteiger partial charge in [-0.1, -0.05) is 13.8 Å². The lowest BCUT2D eigenvalue weighted by Crippen LogP contribution is -2.47. The largest absolute Gasteiger partial charge is 0.383 e. The van der Waals surface area contributed by atoms with Gasteiger partial charge in [-0.2, -0.15) is 5.10 Å². The third-order valence-corrected chi connectivity index (χ3v) is 6.67. The summed E-state index contributed by atoms with van der Waals surface area (Å²) in [6.45, 7) is 7.20. The van der Waals surface area contributed by atoms with Crippen molar-refractivity contribution in [1.82, 2.24) is 30.2 Å². The minimum absolute atomic E-state index is 0.0399. The van der Waals surface area contributed by atoms with Crippen LogP contribution < -0.4 is 10.6 Å². The highest BCUT2D eigenvalue weighted by Gasteiger charge is 2.34. The summed E-state index contributed by atoms with van der Waals surface area (Å²) in [5.41, 5.74) is 2.32. The first-order valence-corrected chi connectivity index (χ1v) is 12.4. The molecule has 1 atom stereocenters. The second-order valence-corrected chi connectivity index (χ2v) is 9.63. The number of hydrogen-bond donors (Lipinski definition) is 2. The van der Waals surface area contributed by atoms with Gasteiger partial charge in [-0.25, -0.2) is 0 Å². The molecule has 1 aromatic heterocycles. The predicted molar refractivity (Wildman–Crippen MR) is 128 cm³/mol. The smallest absolute Gasteiger partial charge is 0.275 e. The number of hydrogen-bond acceptors (Lipinski definition) is 6. The first-order chi connectivity index (χ1) is 16.3. The van der Waals surface area contributed by atoms with Gasteiger partial charge in [0, 0.05) is 70.6 Å². The van der Waals surface area contributed by atoms with E-state index in [1.165, 1.54) is 4.90 Å². The van der Waals surface area contributed by atoms with E-state index in [0.717, 1.165) is 37.1 Å². The van der Waals surface area contributed by atoms with E-state index in [9.17, 15) is 14.4 Å². The molecule has 1 aromatic rings. The summed E-state index contributed by atoms with van der Waals surface area (Å²) in [5, 5.41) is 10.7. The van der Waals surface area contributed by atoms with Crippen molar-refractivity contribution in [3.8, 4) is 0 Å². The highest BCUT2D eigenvalue weighted by atomic mass is 16.5. The van der Waals surface area contributed by atoms with E-state index in [4.69, 9.17) is 4.74 Å². The highest BCUT2D eigenvalue weighted by molar-refractivity contribution is 5.96. The van der Waals surface area contributed by atoms with Crippen LogP contribution in [-0.4, -0.2) is 96.3 Å². The number of nitrogens with zero attached hydrogens (tertiary/aromatic N) is 4. The van der Waals surface area contributed by atoms with Crippen LogP contribution in [0.3, 0.4) is 0 Å². The van der Waals surface area contributed by atoms with E-state index in [0.29, 0.717) is 57.2 Å². The quantitative estimate of drug-likeness (QED) is 0.613. The van der Waals surface area contributed by atoms with Gasteiger partial charge in [0.25, 0.3) is 5.91 Å². The molecule has 10 heteroatoms. The van der Waals surface area contributed by atoms with Gasteiger partial charge in [-0.15, -0.1) is 0 Å². The van der Waals surface area contributed by atoms with E-state index >= 15 is 0 Å². The molecule has 2 bridgehead atoms. The van der Waals surface area contributed by atoms with E-state index in [1.54, 1.807) is 11.8 Å². The summed E-state index contributed by atoms with van der Waals surface area (Å²) >= 11 is 0. The van der Waals surface area contributed by atoms with Crippen LogP contribution in [0.4, 0.5) is 0 Å². The number of fused-ring (bicyclic) bond motifs is 1. The standard InChI is InChI=1S/C24H40N6O4/c1-17(2)8-12-30-18-5-6-20-19(15-18)23(27-28(20)3)24(33)29(13-14-34-4)16-21(31)26-11-10-25-9-7-22(30)32/h17-18,25H,5-16H2,1-4H3,(H,26,31). The molecule has 34 heavy (non-hydrogen) atoms. The maximum Gasteiger partial charge on any atom is 0.275 e. The first kappa shape index (κ1) is 26.2. The molecule has 3 rings (SSSR count). The van der Waals surface area contributed by atoms with Crippen molar-refractivity contribution >= 4 is 17.7 Å². The topological polar surface area (TPSA) is 109 Å². The molecule has 0 fully saturated rings. The molecule has 2 N–H and O–H groups in total. The maximum absolute atomic E-state index is 13.6. The molecule has 10 nitrogen and oxygen atoms in total. The Balaban J connectivity index is 1.94. The number of nitrogens with one attached hydrogen (secondary N) is 2. The van der Waals surface area contributed by atoms with Crippen molar-refractivity contribution in [3.05, 3.63) is 17.0 Å². The van der Waals surface area contributed by atoms with Gasteiger partial charge in [0.1, 0.15) is 0 Å². The lowest BCUT2D eigenvalue weighted by molar-refractivity contribution is -0.134. The van der Waals surface area contributed by atoms with E-state index in [2.05, 4.69) is 29.6 Å². The number of aryl methyl sites for hydroxylation is 1. The van der Waals surface area contributed by atoms with Crippen LogP contribution in [0, 0.1) is 5.92 Å². The fourth-order valence-corrected chi connectivity index (χ4v) is 4.70. The minimum atomic E-state index is -0.269. The Labute approximate surface area is 202 Å². The Bertz CT molecular complexity index is 868. The lowest BCUT2D eigenvalue weighted by Gasteiger charge is -2.35. The van der Waals surface area contributed by atoms with Crippen molar-refractivity contribution in [2.24, 2.45) is 13.0 Å². The van der Waals surface area contributed by atoms with Crippen LogP contribution >= 0.6 is 0 Å². The number of ether oxygens (including phenoxy) is 1. The Kier molecular flexibility index (Phi) is 9.46. The molecule has 2 heterocycles. The number of rotatable bonds is 6. The predicted octanol–water partition coefficient (Wildman–Crippen LogP) is 0.350. The second kappa shape index (κ2) is 12.3. The van der Waals surface area contributed by atoms with Crippen LogP contribution in [0.1, 0.15) is 54.9 Å². The number of carbonyl (C=O) groups excluding carboxylic acids is 3. The number of carbonyl (C=O) groups is 3. The van der Waals surface area contributed by atoms with Gasteiger partial charge >= 0.3 is 0 Å². The monoisotopic (exact) mass is 476 g/mol. The molecule has 0 saturated heterocycles.